The molecule has 0 amide bonds. The van der Waals surface area contributed by atoms with Gasteiger partial charge < -0.3 is 10.2 Å². The standard InChI is InChI=1S/C13H16O3/c1-2-13(12(15)16)8-10(13)7-9-3-5-11(14)6-4-9/h3-6,10,14H,2,7-8H2,1H3,(H,15,16). The summed E-state index contributed by atoms with van der Waals surface area (Å²) >= 11 is 0. The van der Waals surface area contributed by atoms with Gasteiger partial charge in [-0.2, -0.15) is 0 Å². The summed E-state index contributed by atoms with van der Waals surface area (Å²) in [4.78, 5) is 11.1. The molecular weight excluding hydrogens is 204 g/mol. The number of hydrogen-bond acceptors (Lipinski definition) is 2. The van der Waals surface area contributed by atoms with Gasteiger partial charge in [0.2, 0.25) is 0 Å². The van der Waals surface area contributed by atoms with E-state index in [2.05, 4.69) is 0 Å². The Hall–Kier alpha value is -1.51. The van der Waals surface area contributed by atoms with Gasteiger partial charge >= 0.3 is 5.97 Å². The molecule has 1 aromatic carbocycles. The van der Waals surface area contributed by atoms with Gasteiger partial charge in [-0.05, 0) is 42.9 Å². The van der Waals surface area contributed by atoms with Crippen LogP contribution in [0.15, 0.2) is 24.3 Å². The van der Waals surface area contributed by atoms with Crippen LogP contribution >= 0.6 is 0 Å². The molecule has 2 unspecified atom stereocenters. The molecule has 16 heavy (non-hydrogen) atoms. The molecule has 3 heteroatoms. The first-order valence-electron chi connectivity index (χ1n) is 5.60. The van der Waals surface area contributed by atoms with Gasteiger partial charge in [0.1, 0.15) is 5.75 Å². The third-order valence-corrected chi connectivity index (χ3v) is 3.71. The van der Waals surface area contributed by atoms with Crippen LogP contribution in [-0.2, 0) is 11.2 Å². The molecule has 2 rings (SSSR count). The molecule has 2 atom stereocenters. The van der Waals surface area contributed by atoms with Crippen LogP contribution in [-0.4, -0.2) is 16.2 Å². The Morgan fingerprint density at radius 3 is 2.50 bits per heavy atom. The highest BCUT2D eigenvalue weighted by molar-refractivity contribution is 5.78. The summed E-state index contributed by atoms with van der Waals surface area (Å²) in [7, 11) is 0. The lowest BCUT2D eigenvalue weighted by Gasteiger charge is -2.08. The van der Waals surface area contributed by atoms with E-state index in [1.807, 2.05) is 19.1 Å². The monoisotopic (exact) mass is 220 g/mol. The Kier molecular flexibility index (Phi) is 2.62. The third kappa shape index (κ3) is 1.77. The fraction of sp³-hybridized carbons (Fsp3) is 0.462. The van der Waals surface area contributed by atoms with Crippen molar-refractivity contribution in [3.8, 4) is 5.75 Å². The molecule has 2 N–H and O–H groups in total. The van der Waals surface area contributed by atoms with Crippen molar-refractivity contribution >= 4 is 5.97 Å². The average molecular weight is 220 g/mol. The van der Waals surface area contributed by atoms with E-state index in [1.165, 1.54) is 0 Å². The van der Waals surface area contributed by atoms with Crippen LogP contribution in [0.2, 0.25) is 0 Å². The summed E-state index contributed by atoms with van der Waals surface area (Å²) in [6.07, 6.45) is 2.27. The van der Waals surface area contributed by atoms with Crippen molar-refractivity contribution in [3.63, 3.8) is 0 Å². The Morgan fingerprint density at radius 1 is 1.44 bits per heavy atom. The summed E-state index contributed by atoms with van der Waals surface area (Å²) in [5.74, 6) is -0.169. The van der Waals surface area contributed by atoms with Crippen molar-refractivity contribution in [2.75, 3.05) is 0 Å². The lowest BCUT2D eigenvalue weighted by molar-refractivity contribution is -0.144. The minimum Gasteiger partial charge on any atom is -0.508 e. The zero-order valence-electron chi connectivity index (χ0n) is 9.31. The third-order valence-electron chi connectivity index (χ3n) is 3.71. The first kappa shape index (κ1) is 11.0. The van der Waals surface area contributed by atoms with E-state index in [0.29, 0.717) is 6.42 Å². The maximum Gasteiger partial charge on any atom is 0.309 e. The second kappa shape index (κ2) is 3.81. The minimum atomic E-state index is -0.668. The number of phenolic OH excluding ortho intramolecular Hbond substituents is 1. The molecule has 1 fully saturated rings. The topological polar surface area (TPSA) is 57.5 Å². The molecule has 86 valence electrons. The van der Waals surface area contributed by atoms with Gasteiger partial charge in [0.25, 0.3) is 0 Å². The second-order valence-electron chi connectivity index (χ2n) is 4.59. The zero-order chi connectivity index (χ0) is 11.8. The first-order chi connectivity index (χ1) is 7.58. The van der Waals surface area contributed by atoms with Crippen LogP contribution in [0, 0.1) is 11.3 Å². The number of phenols is 1. The number of aromatic hydroxyl groups is 1. The SMILES string of the molecule is CCC1(C(=O)O)CC1Cc1ccc(O)cc1. The van der Waals surface area contributed by atoms with Gasteiger partial charge in [0, 0.05) is 0 Å². The first-order valence-corrected chi connectivity index (χ1v) is 5.60. The van der Waals surface area contributed by atoms with E-state index < -0.39 is 11.4 Å². The summed E-state index contributed by atoms with van der Waals surface area (Å²) in [6, 6.07) is 7.00. The quantitative estimate of drug-likeness (QED) is 0.819. The molecule has 0 spiro atoms. The van der Waals surface area contributed by atoms with E-state index in [-0.39, 0.29) is 11.7 Å². The second-order valence-corrected chi connectivity index (χ2v) is 4.59. The molecule has 0 bridgehead atoms. The Bertz CT molecular complexity index is 396. The Morgan fingerprint density at radius 2 is 2.06 bits per heavy atom. The van der Waals surface area contributed by atoms with E-state index >= 15 is 0 Å². The maximum atomic E-state index is 11.1. The number of carboxylic acids is 1. The molecular formula is C13H16O3. The number of carboxylic acid groups (broad SMARTS) is 1. The van der Waals surface area contributed by atoms with E-state index in [0.717, 1.165) is 18.4 Å². The predicted molar refractivity (Wildman–Crippen MR) is 60.3 cm³/mol. The van der Waals surface area contributed by atoms with Gasteiger partial charge in [-0.15, -0.1) is 0 Å². The van der Waals surface area contributed by atoms with Crippen molar-refractivity contribution in [3.05, 3.63) is 29.8 Å². The summed E-state index contributed by atoms with van der Waals surface area (Å²) in [5.41, 5.74) is 0.608. The predicted octanol–water partition coefficient (Wildman–Crippen LogP) is 2.44. The molecule has 1 saturated carbocycles. The number of rotatable bonds is 4. The molecule has 1 aliphatic rings. The Labute approximate surface area is 94.7 Å². The lowest BCUT2D eigenvalue weighted by atomic mass is 9.97. The van der Waals surface area contributed by atoms with E-state index in [1.54, 1.807) is 12.1 Å². The molecule has 1 aromatic rings. The highest BCUT2D eigenvalue weighted by Crippen LogP contribution is 2.56. The molecule has 0 radical (unpaired) electrons. The highest BCUT2D eigenvalue weighted by Gasteiger charge is 2.58. The van der Waals surface area contributed by atoms with Crippen LogP contribution in [0.1, 0.15) is 25.3 Å². The summed E-state index contributed by atoms with van der Waals surface area (Å²) in [5, 5.41) is 18.3. The fourth-order valence-corrected chi connectivity index (χ4v) is 2.41. The number of carbonyl (C=O) groups is 1. The van der Waals surface area contributed by atoms with Crippen molar-refractivity contribution in [1.29, 1.82) is 0 Å². The minimum absolute atomic E-state index is 0.250. The molecule has 0 aliphatic heterocycles. The fourth-order valence-electron chi connectivity index (χ4n) is 2.41. The van der Waals surface area contributed by atoms with Gasteiger partial charge in [0.15, 0.2) is 0 Å². The summed E-state index contributed by atoms with van der Waals surface area (Å²) < 4.78 is 0. The van der Waals surface area contributed by atoms with Gasteiger partial charge in [-0.1, -0.05) is 19.1 Å². The van der Waals surface area contributed by atoms with Crippen LogP contribution in [0.25, 0.3) is 0 Å². The van der Waals surface area contributed by atoms with Crippen molar-refractivity contribution in [1.82, 2.24) is 0 Å². The maximum absolute atomic E-state index is 11.1. The van der Waals surface area contributed by atoms with Crippen molar-refractivity contribution in [2.45, 2.75) is 26.2 Å². The van der Waals surface area contributed by atoms with E-state index in [9.17, 15) is 4.79 Å². The molecule has 1 aliphatic carbocycles. The van der Waals surface area contributed by atoms with Crippen LogP contribution in [0.3, 0.4) is 0 Å². The largest absolute Gasteiger partial charge is 0.508 e. The van der Waals surface area contributed by atoms with Gasteiger partial charge in [-0.3, -0.25) is 4.79 Å². The molecule has 0 heterocycles. The van der Waals surface area contributed by atoms with E-state index in [4.69, 9.17) is 10.2 Å². The molecule has 0 aromatic heterocycles. The zero-order valence-corrected chi connectivity index (χ0v) is 9.31. The number of benzene rings is 1. The van der Waals surface area contributed by atoms with Gasteiger partial charge in [-0.25, -0.2) is 0 Å². The van der Waals surface area contributed by atoms with Crippen LogP contribution < -0.4 is 0 Å². The average Bonchev–Trinajstić information content (AvgIpc) is 2.96. The van der Waals surface area contributed by atoms with Crippen LogP contribution in [0.5, 0.6) is 5.75 Å². The Balaban J connectivity index is 2.03. The number of aliphatic carboxylic acids is 1. The highest BCUT2D eigenvalue weighted by atomic mass is 16.4. The van der Waals surface area contributed by atoms with Gasteiger partial charge in [0.05, 0.1) is 5.41 Å². The smallest absolute Gasteiger partial charge is 0.309 e. The molecule has 0 saturated heterocycles. The lowest BCUT2D eigenvalue weighted by Crippen LogP contribution is -2.17. The normalized spacial score (nSPS) is 27.7. The summed E-state index contributed by atoms with van der Waals surface area (Å²) in [6.45, 7) is 1.94. The van der Waals surface area contributed by atoms with Crippen molar-refractivity contribution in [2.24, 2.45) is 11.3 Å². The number of hydrogen-bond donors (Lipinski definition) is 2. The van der Waals surface area contributed by atoms with Crippen LogP contribution in [0.4, 0.5) is 0 Å². The molecule has 3 nitrogen and oxygen atoms in total. The van der Waals surface area contributed by atoms with Crippen molar-refractivity contribution < 1.29 is 15.0 Å².